The number of fused-ring (bicyclic) bond motifs is 4. The fourth-order valence-corrected chi connectivity index (χ4v) is 4.32. The third kappa shape index (κ3) is 1.58. The summed E-state index contributed by atoms with van der Waals surface area (Å²) in [6.07, 6.45) is 0. The van der Waals surface area contributed by atoms with Gasteiger partial charge in [-0.1, -0.05) is 88.4 Å². The van der Waals surface area contributed by atoms with Gasteiger partial charge in [0.25, 0.3) is 0 Å². The molecule has 0 heteroatoms. The first kappa shape index (κ1) is 13.6. The van der Waals surface area contributed by atoms with E-state index >= 15 is 0 Å². The molecule has 4 rings (SSSR count). The zero-order chi connectivity index (χ0) is 15.5. The van der Waals surface area contributed by atoms with E-state index in [1.54, 1.807) is 0 Å². The van der Waals surface area contributed by atoms with E-state index in [-0.39, 0.29) is 10.8 Å². The first-order valence-corrected chi connectivity index (χ1v) is 8.07. The zero-order valence-corrected chi connectivity index (χ0v) is 13.8. The Kier molecular flexibility index (Phi) is 2.61. The minimum Gasteiger partial charge on any atom is -0.0619 e. The van der Waals surface area contributed by atoms with Gasteiger partial charge in [-0.15, -0.1) is 0 Å². The van der Waals surface area contributed by atoms with Gasteiger partial charge in [-0.3, -0.25) is 0 Å². The van der Waals surface area contributed by atoms with Crippen molar-refractivity contribution in [2.24, 2.45) is 0 Å². The summed E-state index contributed by atoms with van der Waals surface area (Å²) >= 11 is 0. The van der Waals surface area contributed by atoms with E-state index in [0.29, 0.717) is 0 Å². The van der Waals surface area contributed by atoms with Crippen LogP contribution in [0, 0.1) is 0 Å². The van der Waals surface area contributed by atoms with Crippen LogP contribution in [0.2, 0.25) is 0 Å². The first-order chi connectivity index (χ1) is 10.4. The summed E-state index contributed by atoms with van der Waals surface area (Å²) in [6.45, 7) is 9.45. The van der Waals surface area contributed by atoms with Gasteiger partial charge in [0.05, 0.1) is 0 Å². The smallest absolute Gasteiger partial charge is 0.0158 e. The summed E-state index contributed by atoms with van der Waals surface area (Å²) in [4.78, 5) is 0. The van der Waals surface area contributed by atoms with E-state index in [9.17, 15) is 0 Å². The second kappa shape index (κ2) is 4.23. The molecular weight excluding hydrogens is 264 g/mol. The summed E-state index contributed by atoms with van der Waals surface area (Å²) < 4.78 is 0. The Morgan fingerprint density at radius 1 is 0.545 bits per heavy atom. The SMILES string of the molecule is CC1(C)c2ccccc2C(C)(C)c2c1ccc1ccccc21. The molecule has 0 amide bonds. The Hall–Kier alpha value is -2.08. The van der Waals surface area contributed by atoms with E-state index in [1.807, 2.05) is 0 Å². The van der Waals surface area contributed by atoms with Crippen LogP contribution in [0.1, 0.15) is 49.9 Å². The summed E-state index contributed by atoms with van der Waals surface area (Å²) in [5.41, 5.74) is 5.96. The molecule has 0 nitrogen and oxygen atoms in total. The largest absolute Gasteiger partial charge is 0.0619 e. The molecule has 0 radical (unpaired) electrons. The third-order valence-electron chi connectivity index (χ3n) is 5.50. The second-order valence-electron chi connectivity index (χ2n) is 7.50. The van der Waals surface area contributed by atoms with Crippen molar-refractivity contribution in [2.45, 2.75) is 38.5 Å². The van der Waals surface area contributed by atoms with Crippen molar-refractivity contribution in [1.29, 1.82) is 0 Å². The van der Waals surface area contributed by atoms with Crippen molar-refractivity contribution >= 4 is 10.8 Å². The minimum absolute atomic E-state index is 0.0301. The normalized spacial score (nSPS) is 17.8. The molecule has 0 N–H and O–H groups in total. The summed E-state index contributed by atoms with van der Waals surface area (Å²) in [5.74, 6) is 0. The molecule has 0 atom stereocenters. The van der Waals surface area contributed by atoms with E-state index in [4.69, 9.17) is 0 Å². The van der Waals surface area contributed by atoms with Crippen LogP contribution in [0.25, 0.3) is 10.8 Å². The van der Waals surface area contributed by atoms with Gasteiger partial charge in [0.2, 0.25) is 0 Å². The minimum atomic E-state index is 0.0301. The Balaban J connectivity index is 2.19. The molecule has 3 aromatic rings. The van der Waals surface area contributed by atoms with Gasteiger partial charge in [0, 0.05) is 10.8 Å². The van der Waals surface area contributed by atoms with Gasteiger partial charge < -0.3 is 0 Å². The maximum Gasteiger partial charge on any atom is 0.0158 e. The molecule has 0 fully saturated rings. The summed E-state index contributed by atoms with van der Waals surface area (Å²) in [7, 11) is 0. The lowest BCUT2D eigenvalue weighted by Crippen LogP contribution is -2.36. The summed E-state index contributed by atoms with van der Waals surface area (Å²) in [5, 5.41) is 2.73. The fraction of sp³-hybridized carbons (Fsp3) is 0.273. The van der Waals surface area contributed by atoms with Crippen LogP contribution in [-0.2, 0) is 10.8 Å². The Morgan fingerprint density at radius 2 is 1.14 bits per heavy atom. The van der Waals surface area contributed by atoms with Gasteiger partial charge in [-0.2, -0.15) is 0 Å². The van der Waals surface area contributed by atoms with E-state index in [0.717, 1.165) is 0 Å². The van der Waals surface area contributed by atoms with Crippen LogP contribution in [-0.4, -0.2) is 0 Å². The van der Waals surface area contributed by atoms with Crippen molar-refractivity contribution in [2.75, 3.05) is 0 Å². The lowest BCUT2D eigenvalue weighted by atomic mass is 9.59. The second-order valence-corrected chi connectivity index (χ2v) is 7.50. The lowest BCUT2D eigenvalue weighted by molar-refractivity contribution is 0.525. The molecule has 0 heterocycles. The Bertz CT molecular complexity index is 881. The molecule has 0 spiro atoms. The lowest BCUT2D eigenvalue weighted by Gasteiger charge is -2.44. The van der Waals surface area contributed by atoms with Gasteiger partial charge in [-0.05, 0) is 33.0 Å². The molecular formula is C22H22. The number of hydrogen-bond acceptors (Lipinski definition) is 0. The molecule has 3 aromatic carbocycles. The highest BCUT2D eigenvalue weighted by atomic mass is 14.4. The molecule has 0 saturated heterocycles. The zero-order valence-electron chi connectivity index (χ0n) is 13.8. The maximum absolute atomic E-state index is 2.37. The molecule has 0 bridgehead atoms. The van der Waals surface area contributed by atoms with Gasteiger partial charge in [0.1, 0.15) is 0 Å². The molecule has 0 aromatic heterocycles. The molecule has 0 saturated carbocycles. The van der Waals surface area contributed by atoms with Crippen LogP contribution in [0.3, 0.4) is 0 Å². The Labute approximate surface area is 132 Å². The van der Waals surface area contributed by atoms with Crippen LogP contribution in [0.5, 0.6) is 0 Å². The van der Waals surface area contributed by atoms with Crippen molar-refractivity contribution in [3.05, 3.63) is 82.9 Å². The highest BCUT2D eigenvalue weighted by molar-refractivity contribution is 5.90. The maximum atomic E-state index is 2.37. The predicted molar refractivity (Wildman–Crippen MR) is 94.6 cm³/mol. The fourth-order valence-electron chi connectivity index (χ4n) is 4.32. The van der Waals surface area contributed by atoms with Crippen molar-refractivity contribution in [3.8, 4) is 0 Å². The van der Waals surface area contributed by atoms with E-state index in [1.165, 1.54) is 33.0 Å². The van der Waals surface area contributed by atoms with Gasteiger partial charge in [-0.25, -0.2) is 0 Å². The highest BCUT2D eigenvalue weighted by Gasteiger charge is 2.42. The third-order valence-corrected chi connectivity index (χ3v) is 5.50. The highest BCUT2D eigenvalue weighted by Crippen LogP contribution is 2.51. The standard InChI is InChI=1S/C22H22/c1-21(2)17-11-7-8-12-18(17)22(3,4)20-16-10-6-5-9-15(16)13-14-19(20)21/h5-14H,1-4H3. The predicted octanol–water partition coefficient (Wildman–Crippen LogP) is 5.81. The van der Waals surface area contributed by atoms with Gasteiger partial charge in [0.15, 0.2) is 0 Å². The number of rotatable bonds is 0. The van der Waals surface area contributed by atoms with Crippen molar-refractivity contribution in [3.63, 3.8) is 0 Å². The molecule has 1 aliphatic carbocycles. The first-order valence-electron chi connectivity index (χ1n) is 8.07. The number of benzene rings is 3. The topological polar surface area (TPSA) is 0 Å². The van der Waals surface area contributed by atoms with E-state index < -0.39 is 0 Å². The average molecular weight is 286 g/mol. The van der Waals surface area contributed by atoms with Crippen LogP contribution in [0.15, 0.2) is 60.7 Å². The molecule has 1 aliphatic rings. The summed E-state index contributed by atoms with van der Waals surface area (Å²) in [6, 6.07) is 22.4. The van der Waals surface area contributed by atoms with Crippen molar-refractivity contribution < 1.29 is 0 Å². The monoisotopic (exact) mass is 286 g/mol. The van der Waals surface area contributed by atoms with E-state index in [2.05, 4.69) is 88.4 Å². The quantitative estimate of drug-likeness (QED) is 0.489. The molecule has 0 unspecified atom stereocenters. The van der Waals surface area contributed by atoms with Crippen LogP contribution in [0.4, 0.5) is 0 Å². The average Bonchev–Trinajstić information content (AvgIpc) is 2.52. The molecule has 0 aliphatic heterocycles. The molecule has 110 valence electrons. The van der Waals surface area contributed by atoms with Crippen molar-refractivity contribution in [1.82, 2.24) is 0 Å². The Morgan fingerprint density at radius 3 is 1.86 bits per heavy atom. The van der Waals surface area contributed by atoms with Crippen LogP contribution < -0.4 is 0 Å². The molecule has 22 heavy (non-hydrogen) atoms. The van der Waals surface area contributed by atoms with Gasteiger partial charge >= 0.3 is 0 Å². The van der Waals surface area contributed by atoms with Crippen LogP contribution >= 0.6 is 0 Å². The number of hydrogen-bond donors (Lipinski definition) is 0.